The molecule has 8 heteroatoms. The second-order valence-electron chi connectivity index (χ2n) is 4.63. The van der Waals surface area contributed by atoms with Gasteiger partial charge < -0.3 is 5.32 Å². The van der Waals surface area contributed by atoms with E-state index < -0.39 is 11.9 Å². The number of aromatic nitrogens is 3. The van der Waals surface area contributed by atoms with Gasteiger partial charge in [0.25, 0.3) is 0 Å². The van der Waals surface area contributed by atoms with Crippen LogP contribution >= 0.6 is 11.3 Å². The Balaban J connectivity index is 1.69. The Hall–Kier alpha value is -2.48. The fourth-order valence-electron chi connectivity index (χ4n) is 1.88. The first-order valence-electron chi connectivity index (χ1n) is 6.68. The highest BCUT2D eigenvalue weighted by Crippen LogP contribution is 2.28. The zero-order valence-corrected chi connectivity index (χ0v) is 12.5. The van der Waals surface area contributed by atoms with Crippen LogP contribution in [0.25, 0.3) is 10.6 Å². The number of benzene rings is 1. The van der Waals surface area contributed by atoms with Crippen molar-refractivity contribution < 1.29 is 13.2 Å². The Kier molecular flexibility index (Phi) is 4.24. The lowest BCUT2D eigenvalue weighted by atomic mass is 10.2. The van der Waals surface area contributed by atoms with Crippen LogP contribution in [0.1, 0.15) is 10.7 Å². The summed E-state index contributed by atoms with van der Waals surface area (Å²) in [6.45, 7) is 0.263. The summed E-state index contributed by atoms with van der Waals surface area (Å²) in [5.41, 5.74) is 0.0261. The Bertz CT molecular complexity index is 787. The molecule has 0 spiro atoms. The van der Waals surface area contributed by atoms with E-state index in [0.717, 1.165) is 16.6 Å². The zero-order chi connectivity index (χ0) is 16.3. The summed E-state index contributed by atoms with van der Waals surface area (Å²) in [4.78, 5) is 3.54. The number of rotatable bonds is 4. The van der Waals surface area contributed by atoms with E-state index in [2.05, 4.69) is 20.5 Å². The monoisotopic (exact) mass is 336 g/mol. The largest absolute Gasteiger partial charge is 0.433 e. The number of alkyl halides is 3. The summed E-state index contributed by atoms with van der Waals surface area (Å²) < 4.78 is 37.8. The molecule has 1 N–H and O–H groups in total. The molecule has 0 aliphatic carbocycles. The molecule has 23 heavy (non-hydrogen) atoms. The van der Waals surface area contributed by atoms with E-state index in [1.807, 2.05) is 30.3 Å². The molecule has 2 aromatic heterocycles. The van der Waals surface area contributed by atoms with Gasteiger partial charge in [-0.1, -0.05) is 47.7 Å². The summed E-state index contributed by atoms with van der Waals surface area (Å²) >= 11 is 1.38. The van der Waals surface area contributed by atoms with Crippen LogP contribution in [0.2, 0.25) is 0 Å². The number of anilines is 1. The first-order valence-corrected chi connectivity index (χ1v) is 7.50. The third-order valence-electron chi connectivity index (χ3n) is 2.95. The van der Waals surface area contributed by atoms with Gasteiger partial charge in [-0.2, -0.15) is 13.2 Å². The van der Waals surface area contributed by atoms with Gasteiger partial charge in [-0.3, -0.25) is 0 Å². The van der Waals surface area contributed by atoms with E-state index in [0.29, 0.717) is 5.01 Å². The third kappa shape index (κ3) is 3.84. The molecule has 0 saturated carbocycles. The van der Waals surface area contributed by atoms with Crippen molar-refractivity contribution in [3.8, 4) is 10.6 Å². The van der Waals surface area contributed by atoms with Gasteiger partial charge in [0.15, 0.2) is 0 Å². The van der Waals surface area contributed by atoms with Crippen LogP contribution in [0, 0.1) is 0 Å². The fourth-order valence-corrected chi connectivity index (χ4v) is 2.66. The summed E-state index contributed by atoms with van der Waals surface area (Å²) in [7, 11) is 0. The molecule has 0 amide bonds. The minimum absolute atomic E-state index is 0.149. The standard InChI is InChI=1S/C15H11F3N4S/c16-15(17,18)11-7-4-8-12(20-11)19-9-13-21-22-14(23-13)10-5-2-1-3-6-10/h1-8H,9H2,(H,19,20). The molecule has 0 bridgehead atoms. The average Bonchev–Trinajstić information content (AvgIpc) is 3.02. The highest BCUT2D eigenvalue weighted by atomic mass is 32.1. The molecule has 0 saturated heterocycles. The summed E-state index contributed by atoms with van der Waals surface area (Å²) in [5, 5.41) is 12.4. The second kappa shape index (κ2) is 6.33. The van der Waals surface area contributed by atoms with E-state index in [4.69, 9.17) is 0 Å². The van der Waals surface area contributed by atoms with Crippen molar-refractivity contribution in [3.63, 3.8) is 0 Å². The molecule has 0 atom stereocenters. The molecular weight excluding hydrogens is 325 g/mol. The number of nitrogens with one attached hydrogen (secondary N) is 1. The number of nitrogens with zero attached hydrogens (tertiary/aromatic N) is 3. The SMILES string of the molecule is FC(F)(F)c1cccc(NCc2nnc(-c3ccccc3)s2)n1. The summed E-state index contributed by atoms with van der Waals surface area (Å²) in [6.07, 6.45) is -4.46. The molecule has 2 heterocycles. The van der Waals surface area contributed by atoms with Gasteiger partial charge >= 0.3 is 6.18 Å². The minimum Gasteiger partial charge on any atom is -0.363 e. The van der Waals surface area contributed by atoms with Crippen molar-refractivity contribution in [2.24, 2.45) is 0 Å². The average molecular weight is 336 g/mol. The first kappa shape index (κ1) is 15.4. The maximum Gasteiger partial charge on any atom is 0.433 e. The van der Waals surface area contributed by atoms with Gasteiger partial charge in [-0.15, -0.1) is 10.2 Å². The molecule has 0 aliphatic rings. The number of hydrogen-bond acceptors (Lipinski definition) is 5. The third-order valence-corrected chi connectivity index (χ3v) is 3.92. The van der Waals surface area contributed by atoms with Crippen LogP contribution in [-0.4, -0.2) is 15.2 Å². The predicted molar refractivity (Wildman–Crippen MR) is 81.9 cm³/mol. The number of hydrogen-bond donors (Lipinski definition) is 1. The Labute approximate surface area is 134 Å². The molecule has 0 aliphatic heterocycles. The van der Waals surface area contributed by atoms with Gasteiger partial charge in [-0.05, 0) is 12.1 Å². The van der Waals surface area contributed by atoms with E-state index in [9.17, 15) is 13.2 Å². The van der Waals surface area contributed by atoms with Gasteiger partial charge in [-0.25, -0.2) is 4.98 Å². The molecule has 1 aromatic carbocycles. The minimum atomic E-state index is -4.46. The van der Waals surface area contributed by atoms with Crippen LogP contribution in [0.4, 0.5) is 19.0 Å². The van der Waals surface area contributed by atoms with E-state index >= 15 is 0 Å². The fraction of sp³-hybridized carbons (Fsp3) is 0.133. The molecule has 0 fully saturated rings. The molecule has 0 unspecified atom stereocenters. The van der Waals surface area contributed by atoms with Crippen LogP contribution in [0.5, 0.6) is 0 Å². The smallest absolute Gasteiger partial charge is 0.363 e. The normalized spacial score (nSPS) is 11.4. The lowest BCUT2D eigenvalue weighted by Crippen LogP contribution is -2.10. The molecule has 3 rings (SSSR count). The highest BCUT2D eigenvalue weighted by molar-refractivity contribution is 7.14. The summed E-state index contributed by atoms with van der Waals surface area (Å²) in [5.74, 6) is 0.149. The van der Waals surface area contributed by atoms with Gasteiger partial charge in [0, 0.05) is 5.56 Å². The van der Waals surface area contributed by atoms with Crippen LogP contribution in [0.3, 0.4) is 0 Å². The maximum atomic E-state index is 12.6. The van der Waals surface area contributed by atoms with Crippen molar-refractivity contribution in [1.29, 1.82) is 0 Å². The second-order valence-corrected chi connectivity index (χ2v) is 5.69. The molecular formula is C15H11F3N4S. The van der Waals surface area contributed by atoms with Gasteiger partial charge in [0.05, 0.1) is 6.54 Å². The first-order chi connectivity index (χ1) is 11.0. The van der Waals surface area contributed by atoms with Crippen molar-refractivity contribution in [3.05, 3.63) is 59.2 Å². The molecule has 0 radical (unpaired) electrons. The quantitative estimate of drug-likeness (QED) is 0.774. The molecule has 118 valence electrons. The molecule has 3 aromatic rings. The Morgan fingerprint density at radius 3 is 2.48 bits per heavy atom. The van der Waals surface area contributed by atoms with Gasteiger partial charge in [0.1, 0.15) is 21.5 Å². The summed E-state index contributed by atoms with van der Waals surface area (Å²) in [6, 6.07) is 13.3. The Morgan fingerprint density at radius 1 is 0.957 bits per heavy atom. The van der Waals surface area contributed by atoms with Crippen molar-refractivity contribution in [2.75, 3.05) is 5.32 Å². The lowest BCUT2D eigenvalue weighted by Gasteiger charge is -2.08. The molecule has 4 nitrogen and oxygen atoms in total. The Morgan fingerprint density at radius 2 is 1.74 bits per heavy atom. The van der Waals surface area contributed by atoms with Crippen LogP contribution in [-0.2, 0) is 12.7 Å². The van der Waals surface area contributed by atoms with Crippen molar-refractivity contribution >= 4 is 17.2 Å². The zero-order valence-electron chi connectivity index (χ0n) is 11.7. The highest BCUT2D eigenvalue weighted by Gasteiger charge is 2.32. The van der Waals surface area contributed by atoms with E-state index in [-0.39, 0.29) is 12.4 Å². The van der Waals surface area contributed by atoms with E-state index in [1.54, 1.807) is 0 Å². The topological polar surface area (TPSA) is 50.7 Å². The maximum absolute atomic E-state index is 12.6. The number of pyridine rings is 1. The van der Waals surface area contributed by atoms with Gasteiger partial charge in [0.2, 0.25) is 0 Å². The van der Waals surface area contributed by atoms with Crippen molar-refractivity contribution in [1.82, 2.24) is 15.2 Å². The van der Waals surface area contributed by atoms with Crippen LogP contribution in [0.15, 0.2) is 48.5 Å². The van der Waals surface area contributed by atoms with Crippen molar-refractivity contribution in [2.45, 2.75) is 12.7 Å². The van der Waals surface area contributed by atoms with Crippen LogP contribution < -0.4 is 5.32 Å². The van der Waals surface area contributed by atoms with E-state index in [1.165, 1.54) is 23.5 Å². The lowest BCUT2D eigenvalue weighted by molar-refractivity contribution is -0.141. The number of halogens is 3. The predicted octanol–water partition coefficient (Wildman–Crippen LogP) is 4.23.